The average Bonchev–Trinajstić information content (AvgIpc) is 2.71. The topological polar surface area (TPSA) is 98.3 Å². The van der Waals surface area contributed by atoms with Gasteiger partial charge in [-0.05, 0) is 48.9 Å². The van der Waals surface area contributed by atoms with E-state index in [4.69, 9.17) is 0 Å². The largest absolute Gasteiger partial charge is 0.291 e. The Kier molecular flexibility index (Phi) is 6.22. The second kappa shape index (κ2) is 8.52. The van der Waals surface area contributed by atoms with Gasteiger partial charge in [0.25, 0.3) is 0 Å². The SMILES string of the molecule is CCc1ccc([C@H]2N[C@@H](c3ccc(CC)cc3)[C@H]([N+](=O)[O-])C(C)(C)[C@H]2[N+](=O)[O-])cc1. The number of aryl methyl sites for hydroxylation is 2. The quantitative estimate of drug-likeness (QED) is 0.557. The number of benzene rings is 2. The van der Waals surface area contributed by atoms with E-state index >= 15 is 0 Å². The molecule has 1 aliphatic rings. The summed E-state index contributed by atoms with van der Waals surface area (Å²) in [5.41, 5.74) is 2.67. The van der Waals surface area contributed by atoms with Gasteiger partial charge in [0.05, 0.1) is 0 Å². The van der Waals surface area contributed by atoms with Crippen molar-refractivity contribution in [1.82, 2.24) is 5.32 Å². The van der Waals surface area contributed by atoms with Crippen molar-refractivity contribution in [1.29, 1.82) is 0 Å². The Morgan fingerprint density at radius 2 is 1.10 bits per heavy atom. The lowest BCUT2D eigenvalue weighted by atomic mass is 9.66. The van der Waals surface area contributed by atoms with Gasteiger partial charge in [0.15, 0.2) is 0 Å². The summed E-state index contributed by atoms with van der Waals surface area (Å²) >= 11 is 0. The number of hydrogen-bond acceptors (Lipinski definition) is 5. The second-order valence-electron chi connectivity index (χ2n) is 8.59. The summed E-state index contributed by atoms with van der Waals surface area (Å²) in [6.07, 6.45) is 1.75. The summed E-state index contributed by atoms with van der Waals surface area (Å²) in [6.45, 7) is 7.40. The zero-order valence-corrected chi connectivity index (χ0v) is 17.9. The van der Waals surface area contributed by atoms with Crippen LogP contribution in [0.4, 0.5) is 0 Å². The number of nitrogens with one attached hydrogen (secondary N) is 1. The summed E-state index contributed by atoms with van der Waals surface area (Å²) in [4.78, 5) is 23.5. The van der Waals surface area contributed by atoms with Gasteiger partial charge >= 0.3 is 0 Å². The summed E-state index contributed by atoms with van der Waals surface area (Å²) in [5.74, 6) is 0. The molecule has 0 bridgehead atoms. The molecule has 7 nitrogen and oxygen atoms in total. The minimum absolute atomic E-state index is 0.363. The molecule has 2 aromatic carbocycles. The maximum atomic E-state index is 12.1. The molecule has 1 heterocycles. The fraction of sp³-hybridized carbons (Fsp3) is 0.478. The van der Waals surface area contributed by atoms with Crippen molar-refractivity contribution in [2.24, 2.45) is 5.41 Å². The van der Waals surface area contributed by atoms with Crippen LogP contribution in [0.25, 0.3) is 0 Å². The van der Waals surface area contributed by atoms with Crippen LogP contribution in [-0.4, -0.2) is 21.9 Å². The molecule has 1 aliphatic heterocycles. The van der Waals surface area contributed by atoms with Crippen LogP contribution in [0, 0.1) is 25.6 Å². The Bertz CT molecular complexity index is 836. The molecule has 0 unspecified atom stereocenters. The van der Waals surface area contributed by atoms with Crippen molar-refractivity contribution in [3.8, 4) is 0 Å². The molecular formula is C23H29N3O4. The summed E-state index contributed by atoms with van der Waals surface area (Å²) in [5, 5.41) is 27.5. The molecule has 0 amide bonds. The van der Waals surface area contributed by atoms with Crippen molar-refractivity contribution in [3.05, 3.63) is 91.0 Å². The average molecular weight is 412 g/mol. The van der Waals surface area contributed by atoms with Gasteiger partial charge in [-0.3, -0.25) is 25.5 Å². The third-order valence-electron chi connectivity index (χ3n) is 6.46. The summed E-state index contributed by atoms with van der Waals surface area (Å²) < 4.78 is 0. The van der Waals surface area contributed by atoms with Crippen LogP contribution in [0.2, 0.25) is 0 Å². The van der Waals surface area contributed by atoms with E-state index in [9.17, 15) is 20.2 Å². The molecule has 1 N–H and O–H groups in total. The lowest BCUT2D eigenvalue weighted by Gasteiger charge is -2.44. The van der Waals surface area contributed by atoms with Gasteiger partial charge in [-0.25, -0.2) is 0 Å². The molecule has 1 fully saturated rings. The van der Waals surface area contributed by atoms with Gasteiger partial charge in [0.1, 0.15) is 17.5 Å². The van der Waals surface area contributed by atoms with E-state index in [2.05, 4.69) is 19.2 Å². The summed E-state index contributed by atoms with van der Waals surface area (Å²) in [6, 6.07) is 11.9. The third-order valence-corrected chi connectivity index (χ3v) is 6.46. The minimum Gasteiger partial charge on any atom is -0.291 e. The van der Waals surface area contributed by atoms with Gasteiger partial charge in [0.2, 0.25) is 12.1 Å². The lowest BCUT2D eigenvalue weighted by Crippen LogP contribution is -2.63. The highest BCUT2D eigenvalue weighted by Gasteiger charge is 2.62. The Morgan fingerprint density at radius 1 is 0.767 bits per heavy atom. The first-order valence-corrected chi connectivity index (χ1v) is 10.4. The normalized spacial score (nSPS) is 25.6. The van der Waals surface area contributed by atoms with Crippen LogP contribution in [0.5, 0.6) is 0 Å². The highest BCUT2D eigenvalue weighted by Crippen LogP contribution is 2.46. The fourth-order valence-electron chi connectivity index (χ4n) is 4.67. The molecule has 160 valence electrons. The summed E-state index contributed by atoms with van der Waals surface area (Å²) in [7, 11) is 0. The highest BCUT2D eigenvalue weighted by atomic mass is 16.6. The molecule has 30 heavy (non-hydrogen) atoms. The molecule has 7 heteroatoms. The van der Waals surface area contributed by atoms with Gasteiger partial charge in [-0.1, -0.05) is 62.4 Å². The predicted octanol–water partition coefficient (Wildman–Crippen LogP) is 4.51. The second-order valence-corrected chi connectivity index (χ2v) is 8.59. The van der Waals surface area contributed by atoms with Crippen molar-refractivity contribution in [2.75, 3.05) is 0 Å². The first-order valence-electron chi connectivity index (χ1n) is 10.4. The van der Waals surface area contributed by atoms with Gasteiger partial charge in [-0.15, -0.1) is 0 Å². The molecule has 0 aliphatic carbocycles. The van der Waals surface area contributed by atoms with Crippen molar-refractivity contribution in [2.45, 2.75) is 64.7 Å². The van der Waals surface area contributed by atoms with Gasteiger partial charge < -0.3 is 0 Å². The Hall–Kier alpha value is -2.80. The van der Waals surface area contributed by atoms with Gasteiger partial charge in [0, 0.05) is 9.85 Å². The number of nitro groups is 2. The molecule has 0 aromatic heterocycles. The monoisotopic (exact) mass is 411 g/mol. The van der Waals surface area contributed by atoms with Crippen LogP contribution in [0.3, 0.4) is 0 Å². The number of rotatable bonds is 6. The molecule has 2 aromatic rings. The van der Waals surface area contributed by atoms with E-state index in [-0.39, 0.29) is 9.85 Å². The molecular weight excluding hydrogens is 382 g/mol. The molecule has 0 saturated carbocycles. The highest BCUT2D eigenvalue weighted by molar-refractivity contribution is 5.31. The van der Waals surface area contributed by atoms with Crippen LogP contribution in [0.1, 0.15) is 62.0 Å². The van der Waals surface area contributed by atoms with E-state index in [1.807, 2.05) is 48.5 Å². The molecule has 0 radical (unpaired) electrons. The lowest BCUT2D eigenvalue weighted by molar-refractivity contribution is -0.605. The van der Waals surface area contributed by atoms with Crippen molar-refractivity contribution in [3.63, 3.8) is 0 Å². The molecule has 4 atom stereocenters. The van der Waals surface area contributed by atoms with E-state index in [1.54, 1.807) is 13.8 Å². The standard InChI is InChI=1S/C23H29N3O4/c1-5-15-7-11-17(12-8-15)19-21(25(27)28)23(3,4)22(26(29)30)20(24-19)18-13-9-16(6-2)10-14-18/h7-14,19-22,24H,5-6H2,1-4H3/t19-,20+,21-,22-/m0/s1. The Balaban J connectivity index is 2.11. The van der Waals surface area contributed by atoms with Crippen molar-refractivity contribution >= 4 is 0 Å². The first kappa shape index (κ1) is 21.9. The maximum Gasteiger partial charge on any atom is 0.243 e. The number of nitrogens with zero attached hydrogens (tertiary/aromatic N) is 2. The first-order chi connectivity index (χ1) is 14.2. The number of hydrogen-bond donors (Lipinski definition) is 1. The predicted molar refractivity (Wildman–Crippen MR) is 116 cm³/mol. The van der Waals surface area contributed by atoms with E-state index < -0.39 is 29.6 Å². The smallest absolute Gasteiger partial charge is 0.243 e. The van der Waals surface area contributed by atoms with E-state index in [0.29, 0.717) is 0 Å². The van der Waals surface area contributed by atoms with Crippen molar-refractivity contribution < 1.29 is 9.85 Å². The van der Waals surface area contributed by atoms with E-state index in [0.717, 1.165) is 35.1 Å². The van der Waals surface area contributed by atoms with Crippen LogP contribution in [0.15, 0.2) is 48.5 Å². The Morgan fingerprint density at radius 3 is 1.37 bits per heavy atom. The maximum absolute atomic E-state index is 12.1. The van der Waals surface area contributed by atoms with Crippen LogP contribution < -0.4 is 5.32 Å². The number of piperidine rings is 1. The molecule has 1 saturated heterocycles. The Labute approximate surface area is 176 Å². The zero-order chi connectivity index (χ0) is 22.1. The third kappa shape index (κ3) is 3.94. The molecule has 0 spiro atoms. The van der Waals surface area contributed by atoms with E-state index in [1.165, 1.54) is 0 Å². The zero-order valence-electron chi connectivity index (χ0n) is 17.9. The fourth-order valence-corrected chi connectivity index (χ4v) is 4.67. The molecule has 3 rings (SSSR count). The van der Waals surface area contributed by atoms with Crippen LogP contribution >= 0.6 is 0 Å². The van der Waals surface area contributed by atoms with Crippen LogP contribution in [-0.2, 0) is 12.8 Å². The van der Waals surface area contributed by atoms with Gasteiger partial charge in [-0.2, -0.15) is 0 Å². The minimum atomic E-state index is -1.17.